The summed E-state index contributed by atoms with van der Waals surface area (Å²) >= 11 is 0. The third-order valence-electron chi connectivity index (χ3n) is 4.30. The molecule has 0 radical (unpaired) electrons. The summed E-state index contributed by atoms with van der Waals surface area (Å²) in [5.74, 6) is -0.891. The fraction of sp³-hybridized carbons (Fsp3) is 0.500. The van der Waals surface area contributed by atoms with Crippen molar-refractivity contribution in [2.75, 3.05) is 18.4 Å². The Morgan fingerprint density at radius 3 is 2.55 bits per heavy atom. The van der Waals surface area contributed by atoms with Crippen molar-refractivity contribution in [1.82, 2.24) is 4.90 Å². The summed E-state index contributed by atoms with van der Waals surface area (Å²) in [6, 6.07) is 4.30. The van der Waals surface area contributed by atoms with E-state index in [1.165, 1.54) is 6.07 Å². The minimum Gasteiger partial charge on any atom is -0.369 e. The number of nitrogens with two attached hydrogens (primary N) is 1. The predicted molar refractivity (Wildman–Crippen MR) is 82.7 cm³/mol. The number of primary amides is 1. The number of nitrogens with one attached hydrogen (secondary N) is 1. The van der Waals surface area contributed by atoms with E-state index in [1.807, 2.05) is 11.8 Å². The molecule has 3 N–H and O–H groups in total. The number of halogens is 1. The van der Waals surface area contributed by atoms with Gasteiger partial charge >= 0.3 is 0 Å². The minimum atomic E-state index is -0.340. The Kier molecular flexibility index (Phi) is 5.13. The first-order valence-corrected chi connectivity index (χ1v) is 7.49. The van der Waals surface area contributed by atoms with Crippen LogP contribution in [0.5, 0.6) is 0 Å². The number of hydrogen-bond acceptors (Lipinski definition) is 3. The van der Waals surface area contributed by atoms with Gasteiger partial charge in [0.2, 0.25) is 11.8 Å². The number of aryl methyl sites for hydroxylation is 1. The highest BCUT2D eigenvalue weighted by Gasteiger charge is 2.28. The van der Waals surface area contributed by atoms with E-state index in [4.69, 9.17) is 5.73 Å². The molecule has 22 heavy (non-hydrogen) atoms. The van der Waals surface area contributed by atoms with E-state index in [2.05, 4.69) is 5.32 Å². The van der Waals surface area contributed by atoms with Crippen molar-refractivity contribution in [3.8, 4) is 0 Å². The molecule has 1 atom stereocenters. The molecule has 0 aromatic heterocycles. The van der Waals surface area contributed by atoms with Crippen molar-refractivity contribution >= 4 is 17.5 Å². The highest BCUT2D eigenvalue weighted by atomic mass is 19.1. The van der Waals surface area contributed by atoms with Gasteiger partial charge in [0.25, 0.3) is 0 Å². The molecule has 2 amide bonds. The summed E-state index contributed by atoms with van der Waals surface area (Å²) in [5, 5.41) is 2.73. The fourth-order valence-corrected chi connectivity index (χ4v) is 2.65. The fourth-order valence-electron chi connectivity index (χ4n) is 2.65. The van der Waals surface area contributed by atoms with Gasteiger partial charge in [-0.05, 0) is 57.5 Å². The van der Waals surface area contributed by atoms with E-state index in [0.717, 1.165) is 0 Å². The Hall–Kier alpha value is -1.95. The molecule has 1 fully saturated rings. The van der Waals surface area contributed by atoms with Crippen LogP contribution in [0, 0.1) is 18.7 Å². The van der Waals surface area contributed by atoms with Gasteiger partial charge in [0.15, 0.2) is 0 Å². The average Bonchev–Trinajstić information content (AvgIpc) is 2.50. The molecular formula is C16H22FN3O2. The van der Waals surface area contributed by atoms with Crippen molar-refractivity contribution in [3.63, 3.8) is 0 Å². The summed E-state index contributed by atoms with van der Waals surface area (Å²) in [6.45, 7) is 4.80. The lowest BCUT2D eigenvalue weighted by Crippen LogP contribution is -2.47. The molecule has 0 aliphatic carbocycles. The quantitative estimate of drug-likeness (QED) is 0.888. The van der Waals surface area contributed by atoms with Gasteiger partial charge in [0.1, 0.15) is 5.82 Å². The second kappa shape index (κ2) is 6.87. The summed E-state index contributed by atoms with van der Waals surface area (Å²) in [4.78, 5) is 25.4. The lowest BCUT2D eigenvalue weighted by Gasteiger charge is -2.34. The molecule has 120 valence electrons. The molecule has 1 aromatic carbocycles. The summed E-state index contributed by atoms with van der Waals surface area (Å²) in [6.07, 6.45) is 1.35. The van der Waals surface area contributed by atoms with Crippen LogP contribution in [-0.2, 0) is 9.59 Å². The molecule has 1 aliphatic heterocycles. The molecular weight excluding hydrogens is 285 g/mol. The van der Waals surface area contributed by atoms with Crippen molar-refractivity contribution in [3.05, 3.63) is 29.6 Å². The SMILES string of the molecule is Cc1ccc(NC(=O)C(C)N2CCC(C(N)=O)CC2)cc1F. The normalized spacial score (nSPS) is 18.0. The molecule has 0 saturated carbocycles. The van der Waals surface area contributed by atoms with Crippen LogP contribution in [-0.4, -0.2) is 35.8 Å². The summed E-state index contributed by atoms with van der Waals surface area (Å²) in [7, 11) is 0. The highest BCUT2D eigenvalue weighted by Crippen LogP contribution is 2.20. The van der Waals surface area contributed by atoms with Gasteiger partial charge in [-0.25, -0.2) is 4.39 Å². The van der Waals surface area contributed by atoms with E-state index < -0.39 is 0 Å². The second-order valence-electron chi connectivity index (χ2n) is 5.84. The first-order valence-electron chi connectivity index (χ1n) is 7.49. The third kappa shape index (κ3) is 3.82. The Bertz CT molecular complexity index is 569. The van der Waals surface area contributed by atoms with Crippen LogP contribution in [0.4, 0.5) is 10.1 Å². The largest absolute Gasteiger partial charge is 0.369 e. The topological polar surface area (TPSA) is 75.4 Å². The van der Waals surface area contributed by atoms with Crippen LogP contribution in [0.2, 0.25) is 0 Å². The molecule has 1 saturated heterocycles. The monoisotopic (exact) mass is 307 g/mol. The maximum absolute atomic E-state index is 13.5. The summed E-state index contributed by atoms with van der Waals surface area (Å²) < 4.78 is 13.5. The molecule has 1 aromatic rings. The lowest BCUT2D eigenvalue weighted by molar-refractivity contribution is -0.124. The van der Waals surface area contributed by atoms with Crippen LogP contribution in [0.15, 0.2) is 18.2 Å². The van der Waals surface area contributed by atoms with Crippen LogP contribution >= 0.6 is 0 Å². The first kappa shape index (κ1) is 16.4. The second-order valence-corrected chi connectivity index (χ2v) is 5.84. The number of carbonyl (C=O) groups is 2. The van der Waals surface area contributed by atoms with Gasteiger partial charge in [-0.3, -0.25) is 14.5 Å². The van der Waals surface area contributed by atoms with Gasteiger partial charge in [0.05, 0.1) is 6.04 Å². The molecule has 1 heterocycles. The van der Waals surface area contributed by atoms with E-state index in [0.29, 0.717) is 37.2 Å². The molecule has 0 spiro atoms. The highest BCUT2D eigenvalue weighted by molar-refractivity contribution is 5.94. The van der Waals surface area contributed by atoms with E-state index in [1.54, 1.807) is 19.1 Å². The smallest absolute Gasteiger partial charge is 0.241 e. The van der Waals surface area contributed by atoms with Gasteiger partial charge < -0.3 is 11.1 Å². The number of anilines is 1. The number of likely N-dealkylation sites (tertiary alicyclic amines) is 1. The van der Waals surface area contributed by atoms with Crippen molar-refractivity contribution in [1.29, 1.82) is 0 Å². The van der Waals surface area contributed by atoms with Crippen LogP contribution in [0.25, 0.3) is 0 Å². The predicted octanol–water partition coefficient (Wildman–Crippen LogP) is 1.66. The molecule has 6 heteroatoms. The van der Waals surface area contributed by atoms with E-state index >= 15 is 0 Å². The average molecular weight is 307 g/mol. The van der Waals surface area contributed by atoms with E-state index in [-0.39, 0.29) is 29.6 Å². The number of hydrogen-bond donors (Lipinski definition) is 2. The molecule has 5 nitrogen and oxygen atoms in total. The first-order chi connectivity index (χ1) is 10.4. The van der Waals surface area contributed by atoms with Crippen molar-refractivity contribution in [2.24, 2.45) is 11.7 Å². The van der Waals surface area contributed by atoms with Crippen LogP contribution in [0.3, 0.4) is 0 Å². The zero-order valence-corrected chi connectivity index (χ0v) is 12.9. The van der Waals surface area contributed by atoms with Gasteiger partial charge in [-0.15, -0.1) is 0 Å². The lowest BCUT2D eigenvalue weighted by atomic mass is 9.95. The Morgan fingerprint density at radius 1 is 1.36 bits per heavy atom. The Morgan fingerprint density at radius 2 is 2.00 bits per heavy atom. The van der Waals surface area contributed by atoms with E-state index in [9.17, 15) is 14.0 Å². The molecule has 0 bridgehead atoms. The number of benzene rings is 1. The molecule has 1 unspecified atom stereocenters. The van der Waals surface area contributed by atoms with Gasteiger partial charge in [0, 0.05) is 11.6 Å². The third-order valence-corrected chi connectivity index (χ3v) is 4.30. The maximum atomic E-state index is 13.5. The Balaban J connectivity index is 1.92. The minimum absolute atomic E-state index is 0.0993. The summed E-state index contributed by atoms with van der Waals surface area (Å²) in [5.41, 5.74) is 6.30. The van der Waals surface area contributed by atoms with Crippen molar-refractivity contribution < 1.29 is 14.0 Å². The number of amides is 2. The number of rotatable bonds is 4. The van der Waals surface area contributed by atoms with Crippen LogP contribution < -0.4 is 11.1 Å². The standard InChI is InChI=1S/C16H22FN3O2/c1-10-3-4-13(9-14(10)17)19-16(22)11(2)20-7-5-12(6-8-20)15(18)21/h3-4,9,11-12H,5-8H2,1-2H3,(H2,18,21)(H,19,22). The van der Waals surface area contributed by atoms with Gasteiger partial charge in [-0.2, -0.15) is 0 Å². The van der Waals surface area contributed by atoms with Crippen molar-refractivity contribution in [2.45, 2.75) is 32.7 Å². The molecule has 1 aliphatic rings. The van der Waals surface area contributed by atoms with Crippen LogP contribution in [0.1, 0.15) is 25.3 Å². The number of piperidine rings is 1. The zero-order chi connectivity index (χ0) is 16.3. The van der Waals surface area contributed by atoms with Gasteiger partial charge in [-0.1, -0.05) is 6.07 Å². The number of nitrogens with zero attached hydrogens (tertiary/aromatic N) is 1. The maximum Gasteiger partial charge on any atom is 0.241 e. The Labute approximate surface area is 129 Å². The zero-order valence-electron chi connectivity index (χ0n) is 12.9. The molecule has 2 rings (SSSR count). The number of carbonyl (C=O) groups excluding carboxylic acids is 2.